The number of benzene rings is 1. The third-order valence-corrected chi connectivity index (χ3v) is 4.63. The molecule has 0 aliphatic heterocycles. The van der Waals surface area contributed by atoms with E-state index in [9.17, 15) is 0 Å². The average Bonchev–Trinajstić information content (AvgIpc) is 3.29. The number of imidazole rings is 1. The van der Waals surface area contributed by atoms with Gasteiger partial charge in [-0.25, -0.2) is 19.9 Å². The first-order valence-corrected chi connectivity index (χ1v) is 8.79. The summed E-state index contributed by atoms with van der Waals surface area (Å²) in [7, 11) is 3.55. The molecule has 0 fully saturated rings. The van der Waals surface area contributed by atoms with Crippen LogP contribution in [0.1, 0.15) is 17.3 Å². The van der Waals surface area contributed by atoms with Crippen molar-refractivity contribution in [1.29, 1.82) is 0 Å². The summed E-state index contributed by atoms with van der Waals surface area (Å²) in [6, 6.07) is 5.69. The van der Waals surface area contributed by atoms with Crippen molar-refractivity contribution >= 4 is 22.2 Å². The molecule has 0 unspecified atom stereocenters. The maximum atomic E-state index is 5.31. The Morgan fingerprint density at radius 1 is 1.15 bits per heavy atom. The van der Waals surface area contributed by atoms with Crippen LogP contribution in [0.5, 0.6) is 5.75 Å². The van der Waals surface area contributed by atoms with Crippen molar-refractivity contribution < 1.29 is 4.74 Å². The predicted octanol–water partition coefficient (Wildman–Crippen LogP) is 3.20. The molecular weight excluding hydrogens is 346 g/mol. The predicted molar refractivity (Wildman–Crippen MR) is 101 cm³/mol. The van der Waals surface area contributed by atoms with Crippen LogP contribution in [0, 0.1) is 18.8 Å². The number of thiazole rings is 1. The van der Waals surface area contributed by atoms with E-state index in [1.165, 1.54) is 0 Å². The van der Waals surface area contributed by atoms with Gasteiger partial charge >= 0.3 is 0 Å². The molecule has 0 saturated carbocycles. The number of nitrogens with zero attached hydrogens (tertiary/aromatic N) is 5. The highest BCUT2D eigenvalue weighted by Gasteiger charge is 2.09. The van der Waals surface area contributed by atoms with Gasteiger partial charge in [-0.2, -0.15) is 0 Å². The van der Waals surface area contributed by atoms with E-state index in [0.29, 0.717) is 17.3 Å². The first-order chi connectivity index (χ1) is 12.6. The molecular formula is C19H15N5OS. The molecule has 1 aromatic carbocycles. The first kappa shape index (κ1) is 16.2. The van der Waals surface area contributed by atoms with Crippen LogP contribution in [0.25, 0.3) is 21.6 Å². The number of ether oxygens (including phenoxy) is 1. The zero-order valence-electron chi connectivity index (χ0n) is 14.5. The van der Waals surface area contributed by atoms with E-state index in [2.05, 4.69) is 31.8 Å². The van der Waals surface area contributed by atoms with Crippen LogP contribution < -0.4 is 4.74 Å². The largest absolute Gasteiger partial charge is 0.497 e. The highest BCUT2D eigenvalue weighted by molar-refractivity contribution is 7.13. The average molecular weight is 361 g/mol. The maximum Gasteiger partial charge on any atom is 0.186 e. The van der Waals surface area contributed by atoms with Crippen LogP contribution in [0.2, 0.25) is 0 Å². The molecule has 3 aromatic heterocycles. The summed E-state index contributed by atoms with van der Waals surface area (Å²) >= 11 is 1.55. The monoisotopic (exact) mass is 361 g/mol. The van der Waals surface area contributed by atoms with Crippen LogP contribution in [-0.4, -0.2) is 31.6 Å². The lowest BCUT2D eigenvalue weighted by Crippen LogP contribution is -1.96. The van der Waals surface area contributed by atoms with Crippen molar-refractivity contribution in [3.63, 3.8) is 0 Å². The summed E-state index contributed by atoms with van der Waals surface area (Å²) in [5.41, 5.74) is 2.31. The van der Waals surface area contributed by atoms with Gasteiger partial charge in [-0.3, -0.25) is 0 Å². The Morgan fingerprint density at radius 3 is 2.81 bits per heavy atom. The second-order valence-corrected chi connectivity index (χ2v) is 6.54. The van der Waals surface area contributed by atoms with Gasteiger partial charge in [0.05, 0.1) is 12.6 Å². The van der Waals surface area contributed by atoms with E-state index in [1.807, 2.05) is 48.3 Å². The van der Waals surface area contributed by atoms with Crippen molar-refractivity contribution in [2.75, 3.05) is 7.11 Å². The summed E-state index contributed by atoms with van der Waals surface area (Å²) in [5.74, 6) is 8.33. The third-order valence-electron chi connectivity index (χ3n) is 3.84. The van der Waals surface area contributed by atoms with Crippen LogP contribution in [0.4, 0.5) is 0 Å². The van der Waals surface area contributed by atoms with Gasteiger partial charge in [0.25, 0.3) is 0 Å². The molecule has 0 bridgehead atoms. The smallest absolute Gasteiger partial charge is 0.186 e. The maximum absolute atomic E-state index is 5.31. The van der Waals surface area contributed by atoms with E-state index >= 15 is 0 Å². The Hall–Kier alpha value is -3.24. The molecule has 26 heavy (non-hydrogen) atoms. The molecule has 128 valence electrons. The minimum atomic E-state index is 0.655. The molecule has 0 amide bonds. The first-order valence-electron chi connectivity index (χ1n) is 7.91. The van der Waals surface area contributed by atoms with Gasteiger partial charge in [0.15, 0.2) is 5.82 Å². The number of aryl methyl sites for hydroxylation is 2. The lowest BCUT2D eigenvalue weighted by atomic mass is 10.1. The van der Waals surface area contributed by atoms with Gasteiger partial charge in [0.2, 0.25) is 0 Å². The Kier molecular flexibility index (Phi) is 4.11. The lowest BCUT2D eigenvalue weighted by Gasteiger charge is -2.04. The van der Waals surface area contributed by atoms with E-state index in [4.69, 9.17) is 4.74 Å². The minimum absolute atomic E-state index is 0.655. The van der Waals surface area contributed by atoms with Crippen molar-refractivity contribution in [3.05, 3.63) is 53.3 Å². The second kappa shape index (κ2) is 6.58. The molecule has 0 aliphatic carbocycles. The lowest BCUT2D eigenvalue weighted by molar-refractivity contribution is 0.415. The Labute approximate surface area is 154 Å². The Morgan fingerprint density at radius 2 is 2.04 bits per heavy atom. The van der Waals surface area contributed by atoms with Crippen LogP contribution in [0.15, 0.2) is 36.0 Å². The summed E-state index contributed by atoms with van der Waals surface area (Å²) < 4.78 is 7.20. The van der Waals surface area contributed by atoms with Gasteiger partial charge in [-0.1, -0.05) is 0 Å². The molecule has 6 nitrogen and oxygen atoms in total. The SMILES string of the molecule is COc1ccc2nc(C)nc(C#Cc3nc(-c4nccs4)cn3C)c2c1. The van der Waals surface area contributed by atoms with Gasteiger partial charge in [-0.05, 0) is 37.0 Å². The molecule has 7 heteroatoms. The molecule has 0 atom stereocenters. The standard InChI is InChI=1S/C19H15N5OS/c1-12-21-15-5-4-13(25-3)10-14(15)16(22-12)6-7-18-23-17(11-24(18)2)19-20-8-9-26-19/h4-5,8-11H,1-3H3. The molecule has 4 aromatic rings. The van der Waals surface area contributed by atoms with E-state index in [1.54, 1.807) is 24.6 Å². The Balaban J connectivity index is 1.79. The summed E-state index contributed by atoms with van der Waals surface area (Å²) in [6.07, 6.45) is 3.69. The van der Waals surface area contributed by atoms with Gasteiger partial charge in [0.1, 0.15) is 28.0 Å². The van der Waals surface area contributed by atoms with Crippen LogP contribution >= 0.6 is 11.3 Å². The minimum Gasteiger partial charge on any atom is -0.497 e. The number of fused-ring (bicyclic) bond motifs is 1. The number of methoxy groups -OCH3 is 1. The second-order valence-electron chi connectivity index (χ2n) is 5.65. The summed E-state index contributed by atoms with van der Waals surface area (Å²) in [5, 5.41) is 3.66. The quantitative estimate of drug-likeness (QED) is 0.513. The highest BCUT2D eigenvalue weighted by Crippen LogP contribution is 2.22. The molecule has 0 radical (unpaired) electrons. The fourth-order valence-electron chi connectivity index (χ4n) is 2.60. The van der Waals surface area contributed by atoms with E-state index in [0.717, 1.165) is 27.4 Å². The molecule has 3 heterocycles. The highest BCUT2D eigenvalue weighted by atomic mass is 32.1. The van der Waals surface area contributed by atoms with Crippen molar-refractivity contribution in [1.82, 2.24) is 24.5 Å². The normalized spacial score (nSPS) is 10.6. The molecule has 0 spiro atoms. The van der Waals surface area contributed by atoms with E-state index in [-0.39, 0.29) is 0 Å². The topological polar surface area (TPSA) is 65.7 Å². The zero-order chi connectivity index (χ0) is 18.1. The van der Waals surface area contributed by atoms with Crippen molar-refractivity contribution in [3.8, 4) is 28.3 Å². The third kappa shape index (κ3) is 3.03. The Bertz CT molecular complexity index is 1150. The molecule has 0 saturated heterocycles. The molecule has 0 aliphatic rings. The summed E-state index contributed by atoms with van der Waals surface area (Å²) in [4.78, 5) is 17.8. The van der Waals surface area contributed by atoms with Crippen LogP contribution in [0.3, 0.4) is 0 Å². The zero-order valence-corrected chi connectivity index (χ0v) is 15.3. The van der Waals surface area contributed by atoms with Crippen molar-refractivity contribution in [2.24, 2.45) is 7.05 Å². The van der Waals surface area contributed by atoms with Crippen molar-refractivity contribution in [2.45, 2.75) is 6.92 Å². The summed E-state index contributed by atoms with van der Waals surface area (Å²) in [6.45, 7) is 1.86. The number of hydrogen-bond donors (Lipinski definition) is 0. The van der Waals surface area contributed by atoms with Gasteiger partial charge < -0.3 is 9.30 Å². The van der Waals surface area contributed by atoms with Gasteiger partial charge in [-0.15, -0.1) is 11.3 Å². The van der Waals surface area contributed by atoms with Gasteiger partial charge in [0, 0.05) is 30.2 Å². The number of aromatic nitrogens is 5. The van der Waals surface area contributed by atoms with Crippen LogP contribution in [-0.2, 0) is 7.05 Å². The molecule has 4 rings (SSSR count). The fourth-order valence-corrected chi connectivity index (χ4v) is 3.19. The number of hydrogen-bond acceptors (Lipinski definition) is 6. The molecule has 0 N–H and O–H groups in total. The van der Waals surface area contributed by atoms with E-state index < -0.39 is 0 Å². The number of rotatable bonds is 2. The fraction of sp³-hybridized carbons (Fsp3) is 0.158.